The number of amides is 1. The smallest absolute Gasteiger partial charge is 0.246 e. The first-order valence-electron chi connectivity index (χ1n) is 7.02. The third-order valence-corrected chi connectivity index (χ3v) is 4.61. The Balaban J connectivity index is 1.62. The van der Waals surface area contributed by atoms with Gasteiger partial charge in [0.1, 0.15) is 0 Å². The molecule has 4 heteroatoms. The summed E-state index contributed by atoms with van der Waals surface area (Å²) in [6.07, 6.45) is 3.40. The number of nitrogens with one attached hydrogen (secondary N) is 1. The molecule has 2 aromatic rings. The van der Waals surface area contributed by atoms with E-state index >= 15 is 0 Å². The molecule has 0 radical (unpaired) electrons. The molecule has 2 aliphatic rings. The second-order valence-corrected chi connectivity index (χ2v) is 5.64. The van der Waals surface area contributed by atoms with Gasteiger partial charge in [-0.2, -0.15) is 0 Å². The van der Waals surface area contributed by atoms with E-state index < -0.39 is 0 Å². The summed E-state index contributed by atoms with van der Waals surface area (Å²) in [6, 6.07) is 8.82. The molecule has 0 saturated carbocycles. The number of rotatable bonds is 2. The van der Waals surface area contributed by atoms with E-state index in [1.165, 1.54) is 22.7 Å². The summed E-state index contributed by atoms with van der Waals surface area (Å²) < 4.78 is 0. The third-order valence-electron chi connectivity index (χ3n) is 4.61. The first-order chi connectivity index (χ1) is 9.78. The van der Waals surface area contributed by atoms with Gasteiger partial charge in [-0.05, 0) is 24.3 Å². The molecule has 0 unspecified atom stereocenters. The first-order valence-corrected chi connectivity index (χ1v) is 7.02. The topological polar surface area (TPSA) is 39.3 Å². The Bertz CT molecular complexity index is 690. The van der Waals surface area contributed by atoms with Crippen molar-refractivity contribution in [2.45, 2.75) is 6.04 Å². The number of fused-ring (bicyclic) bond motifs is 2. The summed E-state index contributed by atoms with van der Waals surface area (Å²) in [6.45, 7) is 6.41. The van der Waals surface area contributed by atoms with E-state index in [9.17, 15) is 4.79 Å². The van der Waals surface area contributed by atoms with Crippen molar-refractivity contribution in [2.75, 3.05) is 24.5 Å². The lowest BCUT2D eigenvalue weighted by molar-refractivity contribution is -0.135. The Hall–Kier alpha value is -2.23. The lowest BCUT2D eigenvalue weighted by atomic mass is 9.92. The van der Waals surface area contributed by atoms with Crippen LogP contribution in [-0.2, 0) is 4.79 Å². The summed E-state index contributed by atoms with van der Waals surface area (Å²) in [5, 5.41) is 1.26. The molecule has 2 aliphatic heterocycles. The van der Waals surface area contributed by atoms with Crippen molar-refractivity contribution in [2.24, 2.45) is 5.92 Å². The zero-order valence-electron chi connectivity index (χ0n) is 11.2. The number of carbonyl (C=O) groups excluding carboxylic acids is 1. The number of carbonyl (C=O) groups is 1. The Morgan fingerprint density at radius 3 is 3.05 bits per heavy atom. The SMILES string of the molecule is C=CC(=O)N1C[C@H]2CN(c3cccc4[nH]ccc34)C[C@H]21. The van der Waals surface area contributed by atoms with Crippen LogP contribution >= 0.6 is 0 Å². The minimum absolute atomic E-state index is 0.0629. The number of anilines is 1. The van der Waals surface area contributed by atoms with Crippen LogP contribution in [0.15, 0.2) is 43.1 Å². The maximum Gasteiger partial charge on any atom is 0.246 e. The molecule has 102 valence electrons. The number of hydrogen-bond donors (Lipinski definition) is 1. The monoisotopic (exact) mass is 267 g/mol. The van der Waals surface area contributed by atoms with Gasteiger partial charge in [0.15, 0.2) is 0 Å². The minimum Gasteiger partial charge on any atom is -0.368 e. The molecule has 4 nitrogen and oxygen atoms in total. The van der Waals surface area contributed by atoms with E-state index in [2.05, 4.69) is 40.7 Å². The van der Waals surface area contributed by atoms with Crippen molar-refractivity contribution in [3.63, 3.8) is 0 Å². The van der Waals surface area contributed by atoms with Gasteiger partial charge in [0.25, 0.3) is 0 Å². The number of aromatic nitrogens is 1. The molecule has 2 saturated heterocycles. The molecule has 2 atom stereocenters. The van der Waals surface area contributed by atoms with Gasteiger partial charge in [0.2, 0.25) is 5.91 Å². The predicted octanol–water partition coefficient (Wildman–Crippen LogP) is 2.00. The Labute approximate surface area is 117 Å². The quantitative estimate of drug-likeness (QED) is 0.845. The van der Waals surface area contributed by atoms with Crippen molar-refractivity contribution >= 4 is 22.5 Å². The fourth-order valence-corrected chi connectivity index (χ4v) is 3.55. The van der Waals surface area contributed by atoms with Gasteiger partial charge in [-0.3, -0.25) is 4.79 Å². The number of likely N-dealkylation sites (tertiary alicyclic amines) is 1. The molecule has 20 heavy (non-hydrogen) atoms. The lowest BCUT2D eigenvalue weighted by Crippen LogP contribution is -2.57. The summed E-state index contributed by atoms with van der Waals surface area (Å²) >= 11 is 0. The van der Waals surface area contributed by atoms with E-state index in [4.69, 9.17) is 0 Å². The summed E-state index contributed by atoms with van der Waals surface area (Å²) in [5.74, 6) is 0.668. The van der Waals surface area contributed by atoms with E-state index in [1.807, 2.05) is 11.1 Å². The molecule has 0 bridgehead atoms. The van der Waals surface area contributed by atoms with Crippen LogP contribution in [0, 0.1) is 5.92 Å². The van der Waals surface area contributed by atoms with Crippen molar-refractivity contribution < 1.29 is 4.79 Å². The van der Waals surface area contributed by atoms with Gasteiger partial charge >= 0.3 is 0 Å². The number of aromatic amines is 1. The molecule has 1 aromatic heterocycles. The molecular weight excluding hydrogens is 250 g/mol. The molecule has 1 amide bonds. The van der Waals surface area contributed by atoms with Gasteiger partial charge < -0.3 is 14.8 Å². The molecule has 0 spiro atoms. The standard InChI is InChI=1S/C16H17N3O/c1-2-16(20)19-9-11-8-18(10-15(11)19)14-5-3-4-13-12(14)6-7-17-13/h2-7,11,15,17H,1,8-10H2/t11-,15-/m1/s1. The van der Waals surface area contributed by atoms with Crippen molar-refractivity contribution in [1.82, 2.24) is 9.88 Å². The second kappa shape index (κ2) is 4.13. The van der Waals surface area contributed by atoms with E-state index in [1.54, 1.807) is 0 Å². The van der Waals surface area contributed by atoms with Crippen LogP contribution in [0.3, 0.4) is 0 Å². The number of nitrogens with zero attached hydrogens (tertiary/aromatic N) is 2. The van der Waals surface area contributed by atoms with Crippen LogP contribution in [0.2, 0.25) is 0 Å². The van der Waals surface area contributed by atoms with Crippen LogP contribution in [0.5, 0.6) is 0 Å². The molecule has 1 N–H and O–H groups in total. The van der Waals surface area contributed by atoms with Crippen LogP contribution in [0.25, 0.3) is 10.9 Å². The highest BCUT2D eigenvalue weighted by molar-refractivity contribution is 5.93. The van der Waals surface area contributed by atoms with E-state index in [-0.39, 0.29) is 5.91 Å². The lowest BCUT2D eigenvalue weighted by Gasteiger charge is -2.42. The normalized spacial score (nSPS) is 24.6. The van der Waals surface area contributed by atoms with Crippen molar-refractivity contribution in [1.29, 1.82) is 0 Å². The highest BCUT2D eigenvalue weighted by Crippen LogP contribution is 2.37. The van der Waals surface area contributed by atoms with Gasteiger partial charge in [-0.1, -0.05) is 12.6 Å². The molecule has 4 rings (SSSR count). The molecule has 3 heterocycles. The van der Waals surface area contributed by atoms with Gasteiger partial charge in [-0.15, -0.1) is 0 Å². The van der Waals surface area contributed by atoms with Crippen molar-refractivity contribution in [3.8, 4) is 0 Å². The van der Waals surface area contributed by atoms with Gasteiger partial charge in [0.05, 0.1) is 6.04 Å². The molecular formula is C16H17N3O. The fraction of sp³-hybridized carbons (Fsp3) is 0.312. The van der Waals surface area contributed by atoms with E-state index in [0.717, 1.165) is 19.6 Å². The first kappa shape index (κ1) is 11.6. The minimum atomic E-state index is 0.0629. The highest BCUT2D eigenvalue weighted by atomic mass is 16.2. The van der Waals surface area contributed by atoms with Crippen LogP contribution < -0.4 is 4.90 Å². The Morgan fingerprint density at radius 2 is 2.20 bits per heavy atom. The Morgan fingerprint density at radius 1 is 1.30 bits per heavy atom. The van der Waals surface area contributed by atoms with Crippen LogP contribution in [0.4, 0.5) is 5.69 Å². The summed E-state index contributed by atoms with van der Waals surface area (Å²) in [5.41, 5.74) is 2.44. The maximum atomic E-state index is 11.7. The zero-order chi connectivity index (χ0) is 13.7. The second-order valence-electron chi connectivity index (χ2n) is 5.64. The maximum absolute atomic E-state index is 11.7. The fourth-order valence-electron chi connectivity index (χ4n) is 3.55. The third kappa shape index (κ3) is 1.51. The van der Waals surface area contributed by atoms with E-state index in [0.29, 0.717) is 12.0 Å². The summed E-state index contributed by atoms with van der Waals surface area (Å²) in [4.78, 5) is 19.3. The van der Waals surface area contributed by atoms with Gasteiger partial charge in [-0.25, -0.2) is 0 Å². The number of hydrogen-bond acceptors (Lipinski definition) is 2. The molecule has 2 fully saturated rings. The predicted molar refractivity (Wildman–Crippen MR) is 79.7 cm³/mol. The van der Waals surface area contributed by atoms with Gasteiger partial charge in [0, 0.05) is 48.3 Å². The highest BCUT2D eigenvalue weighted by Gasteiger charge is 2.47. The van der Waals surface area contributed by atoms with Crippen molar-refractivity contribution in [3.05, 3.63) is 43.1 Å². The number of H-pyrrole nitrogens is 1. The van der Waals surface area contributed by atoms with Crippen LogP contribution in [0.1, 0.15) is 0 Å². The average molecular weight is 267 g/mol. The number of benzene rings is 1. The largest absolute Gasteiger partial charge is 0.368 e. The molecule has 0 aliphatic carbocycles. The zero-order valence-corrected chi connectivity index (χ0v) is 11.2. The van der Waals surface area contributed by atoms with Crippen LogP contribution in [-0.4, -0.2) is 41.5 Å². The Kier molecular flexibility index (Phi) is 2.39. The average Bonchev–Trinajstić information content (AvgIpc) is 3.04. The molecule has 1 aromatic carbocycles. The summed E-state index contributed by atoms with van der Waals surface area (Å²) in [7, 11) is 0.